The van der Waals surface area contributed by atoms with Gasteiger partial charge in [-0.15, -0.1) is 0 Å². The van der Waals surface area contributed by atoms with E-state index in [9.17, 15) is 14.3 Å². The standard InChI is InChI=1S/C18H21FN2O3/c1-12(17-15(19)5-4-6-16(17)24-3)20-18(23)21(2)11-13-7-9-14(22)10-8-13/h4-10,12,22H,11H2,1-3H3,(H,20,23)/t12-/m0/s1. The van der Waals surface area contributed by atoms with E-state index in [0.29, 0.717) is 17.9 Å². The molecule has 0 saturated heterocycles. The number of phenolic OH excluding ortho intramolecular Hbond substituents is 1. The highest BCUT2D eigenvalue weighted by Crippen LogP contribution is 2.27. The monoisotopic (exact) mass is 332 g/mol. The largest absolute Gasteiger partial charge is 0.508 e. The molecule has 0 aliphatic heterocycles. The van der Waals surface area contributed by atoms with Gasteiger partial charge in [0.05, 0.1) is 18.7 Å². The third-order valence-corrected chi connectivity index (χ3v) is 3.71. The maximum Gasteiger partial charge on any atom is 0.317 e. The van der Waals surface area contributed by atoms with E-state index in [4.69, 9.17) is 4.74 Å². The number of nitrogens with zero attached hydrogens (tertiary/aromatic N) is 1. The molecule has 0 heterocycles. The minimum atomic E-state index is -0.545. The molecule has 0 aliphatic carbocycles. The maximum atomic E-state index is 14.1. The Bertz CT molecular complexity index is 704. The summed E-state index contributed by atoms with van der Waals surface area (Å²) in [6.07, 6.45) is 0. The number of benzene rings is 2. The van der Waals surface area contributed by atoms with Crippen molar-refractivity contribution in [2.24, 2.45) is 0 Å². The number of hydrogen-bond donors (Lipinski definition) is 2. The van der Waals surface area contributed by atoms with Crippen LogP contribution in [-0.4, -0.2) is 30.2 Å². The number of amides is 2. The Labute approximate surface area is 140 Å². The van der Waals surface area contributed by atoms with Gasteiger partial charge in [-0.2, -0.15) is 0 Å². The van der Waals surface area contributed by atoms with Gasteiger partial charge in [0, 0.05) is 13.6 Å². The van der Waals surface area contributed by atoms with Gasteiger partial charge in [-0.1, -0.05) is 18.2 Å². The summed E-state index contributed by atoms with van der Waals surface area (Å²) in [7, 11) is 3.11. The number of nitrogens with one attached hydrogen (secondary N) is 1. The van der Waals surface area contributed by atoms with E-state index in [1.54, 1.807) is 50.4 Å². The molecule has 0 fully saturated rings. The summed E-state index contributed by atoms with van der Waals surface area (Å²) < 4.78 is 19.2. The SMILES string of the molecule is COc1cccc(F)c1[C@H](C)NC(=O)N(C)Cc1ccc(O)cc1. The average Bonchev–Trinajstić information content (AvgIpc) is 2.56. The number of rotatable bonds is 5. The predicted molar refractivity (Wildman–Crippen MR) is 89.5 cm³/mol. The fraction of sp³-hybridized carbons (Fsp3) is 0.278. The molecule has 2 aromatic rings. The molecule has 1 atom stereocenters. The van der Waals surface area contributed by atoms with Gasteiger partial charge < -0.3 is 20.1 Å². The molecule has 0 spiro atoms. The van der Waals surface area contributed by atoms with E-state index in [1.165, 1.54) is 18.1 Å². The summed E-state index contributed by atoms with van der Waals surface area (Å²) in [5, 5.41) is 12.0. The van der Waals surface area contributed by atoms with Crippen molar-refractivity contribution in [2.45, 2.75) is 19.5 Å². The van der Waals surface area contributed by atoms with Gasteiger partial charge in [-0.3, -0.25) is 0 Å². The van der Waals surface area contributed by atoms with E-state index >= 15 is 0 Å². The molecule has 0 radical (unpaired) electrons. The maximum absolute atomic E-state index is 14.1. The Morgan fingerprint density at radius 2 is 1.96 bits per heavy atom. The van der Waals surface area contributed by atoms with Crippen molar-refractivity contribution in [3.63, 3.8) is 0 Å². The Balaban J connectivity index is 2.04. The molecule has 2 rings (SSSR count). The first-order valence-electron chi connectivity index (χ1n) is 7.54. The molecule has 24 heavy (non-hydrogen) atoms. The van der Waals surface area contributed by atoms with Gasteiger partial charge >= 0.3 is 6.03 Å². The zero-order chi connectivity index (χ0) is 17.7. The molecular weight excluding hydrogens is 311 g/mol. The minimum absolute atomic E-state index is 0.172. The number of aromatic hydroxyl groups is 1. The van der Waals surface area contributed by atoms with E-state index < -0.39 is 11.9 Å². The number of phenols is 1. The van der Waals surface area contributed by atoms with Crippen LogP contribution in [0.4, 0.5) is 9.18 Å². The van der Waals surface area contributed by atoms with Gasteiger partial charge in [0.1, 0.15) is 17.3 Å². The average molecular weight is 332 g/mol. The quantitative estimate of drug-likeness (QED) is 0.882. The van der Waals surface area contributed by atoms with Crippen molar-refractivity contribution < 1.29 is 19.0 Å². The van der Waals surface area contributed by atoms with E-state index in [1.807, 2.05) is 0 Å². The van der Waals surface area contributed by atoms with Crippen LogP contribution in [0, 0.1) is 5.82 Å². The highest BCUT2D eigenvalue weighted by Gasteiger charge is 2.20. The van der Waals surface area contributed by atoms with Crippen LogP contribution in [0.15, 0.2) is 42.5 Å². The number of urea groups is 1. The van der Waals surface area contributed by atoms with E-state index in [0.717, 1.165) is 5.56 Å². The third-order valence-electron chi connectivity index (χ3n) is 3.71. The normalized spacial score (nSPS) is 11.7. The van der Waals surface area contributed by atoms with Crippen LogP contribution in [-0.2, 0) is 6.54 Å². The predicted octanol–water partition coefficient (Wildman–Crippen LogP) is 3.44. The van der Waals surface area contributed by atoms with Crippen LogP contribution in [0.25, 0.3) is 0 Å². The van der Waals surface area contributed by atoms with Gasteiger partial charge in [-0.05, 0) is 36.8 Å². The number of ether oxygens (including phenoxy) is 1. The van der Waals surface area contributed by atoms with Crippen LogP contribution in [0.1, 0.15) is 24.1 Å². The Morgan fingerprint density at radius 1 is 1.29 bits per heavy atom. The van der Waals surface area contributed by atoms with Crippen LogP contribution < -0.4 is 10.1 Å². The lowest BCUT2D eigenvalue weighted by Crippen LogP contribution is -2.38. The van der Waals surface area contributed by atoms with Crippen LogP contribution in [0.5, 0.6) is 11.5 Å². The molecule has 2 amide bonds. The number of carbonyl (C=O) groups excluding carboxylic acids is 1. The molecule has 0 bridgehead atoms. The fourth-order valence-electron chi connectivity index (χ4n) is 2.43. The molecule has 0 aliphatic rings. The first kappa shape index (κ1) is 17.6. The summed E-state index contributed by atoms with van der Waals surface area (Å²) in [6, 6.07) is 10.3. The van der Waals surface area contributed by atoms with Crippen LogP contribution in [0.2, 0.25) is 0 Å². The number of methoxy groups -OCH3 is 1. The van der Waals surface area contributed by atoms with E-state index in [-0.39, 0.29) is 11.8 Å². The first-order chi connectivity index (χ1) is 11.4. The van der Waals surface area contributed by atoms with Crippen molar-refractivity contribution in [2.75, 3.05) is 14.2 Å². The second-order valence-corrected chi connectivity index (χ2v) is 5.55. The lowest BCUT2D eigenvalue weighted by Gasteiger charge is -2.23. The number of halogens is 1. The Kier molecular flexibility index (Phi) is 5.63. The highest BCUT2D eigenvalue weighted by atomic mass is 19.1. The van der Waals surface area contributed by atoms with Crippen molar-refractivity contribution in [3.05, 3.63) is 59.4 Å². The molecular formula is C18H21FN2O3. The van der Waals surface area contributed by atoms with Crippen molar-refractivity contribution in [1.82, 2.24) is 10.2 Å². The smallest absolute Gasteiger partial charge is 0.317 e. The van der Waals surface area contributed by atoms with Crippen LogP contribution >= 0.6 is 0 Å². The van der Waals surface area contributed by atoms with Gasteiger partial charge in [0.25, 0.3) is 0 Å². The molecule has 0 saturated carbocycles. The van der Waals surface area contributed by atoms with Gasteiger partial charge in [0.15, 0.2) is 0 Å². The number of carbonyl (C=O) groups is 1. The van der Waals surface area contributed by atoms with Gasteiger partial charge in [0.2, 0.25) is 0 Å². The van der Waals surface area contributed by atoms with Crippen molar-refractivity contribution in [1.29, 1.82) is 0 Å². The lowest BCUT2D eigenvalue weighted by atomic mass is 10.1. The molecule has 5 nitrogen and oxygen atoms in total. The summed E-state index contributed by atoms with van der Waals surface area (Å²) >= 11 is 0. The van der Waals surface area contributed by atoms with E-state index in [2.05, 4.69) is 5.32 Å². The second-order valence-electron chi connectivity index (χ2n) is 5.55. The second kappa shape index (κ2) is 7.68. The molecule has 6 heteroatoms. The molecule has 0 unspecified atom stereocenters. The summed E-state index contributed by atoms with van der Waals surface area (Å²) in [6.45, 7) is 2.07. The Morgan fingerprint density at radius 3 is 2.58 bits per heavy atom. The number of hydrogen-bond acceptors (Lipinski definition) is 3. The summed E-state index contributed by atoms with van der Waals surface area (Å²) in [5.41, 5.74) is 1.19. The molecule has 2 aromatic carbocycles. The summed E-state index contributed by atoms with van der Waals surface area (Å²) in [5.74, 6) is 0.137. The summed E-state index contributed by atoms with van der Waals surface area (Å²) in [4.78, 5) is 13.8. The third kappa shape index (κ3) is 4.16. The van der Waals surface area contributed by atoms with Crippen molar-refractivity contribution in [3.8, 4) is 11.5 Å². The first-order valence-corrected chi connectivity index (χ1v) is 7.54. The topological polar surface area (TPSA) is 61.8 Å². The zero-order valence-electron chi connectivity index (χ0n) is 13.9. The molecule has 128 valence electrons. The molecule has 2 N–H and O–H groups in total. The van der Waals surface area contributed by atoms with Crippen molar-refractivity contribution >= 4 is 6.03 Å². The zero-order valence-corrected chi connectivity index (χ0v) is 13.9. The van der Waals surface area contributed by atoms with Crippen LogP contribution in [0.3, 0.4) is 0 Å². The van der Waals surface area contributed by atoms with Gasteiger partial charge in [-0.25, -0.2) is 9.18 Å². The highest BCUT2D eigenvalue weighted by molar-refractivity contribution is 5.74. The minimum Gasteiger partial charge on any atom is -0.508 e. The fourth-order valence-corrected chi connectivity index (χ4v) is 2.43. The lowest BCUT2D eigenvalue weighted by molar-refractivity contribution is 0.203. The molecule has 0 aromatic heterocycles. The Hall–Kier alpha value is -2.76.